The molecule has 1 aliphatic heterocycles. The lowest BCUT2D eigenvalue weighted by Crippen LogP contribution is -2.35. The fourth-order valence-electron chi connectivity index (χ4n) is 4.59. The molecule has 1 unspecified atom stereocenters. The SMILES string of the molecule is COc1cccc(OCCN2CCC(c3cn(C(C)OC)c4ncccc34)CC2)c1C(=O)O. The van der Waals surface area contributed by atoms with Crippen molar-refractivity contribution in [3.05, 3.63) is 53.9 Å². The molecule has 8 nitrogen and oxygen atoms in total. The number of hydrogen-bond donors (Lipinski definition) is 1. The first-order valence-electron chi connectivity index (χ1n) is 11.3. The summed E-state index contributed by atoms with van der Waals surface area (Å²) in [6.45, 7) is 5.12. The second-order valence-corrected chi connectivity index (χ2v) is 8.30. The van der Waals surface area contributed by atoms with Gasteiger partial charge < -0.3 is 23.9 Å². The summed E-state index contributed by atoms with van der Waals surface area (Å²) in [5.41, 5.74) is 2.36. The monoisotopic (exact) mass is 453 g/mol. The van der Waals surface area contributed by atoms with Crippen LogP contribution in [0.2, 0.25) is 0 Å². The van der Waals surface area contributed by atoms with Crippen molar-refractivity contribution in [3.63, 3.8) is 0 Å². The van der Waals surface area contributed by atoms with E-state index in [4.69, 9.17) is 14.2 Å². The molecule has 3 heterocycles. The Morgan fingerprint density at radius 1 is 1.18 bits per heavy atom. The number of aromatic carboxylic acids is 1. The van der Waals surface area contributed by atoms with Crippen LogP contribution in [0.15, 0.2) is 42.7 Å². The molecule has 1 saturated heterocycles. The third-order valence-corrected chi connectivity index (χ3v) is 6.47. The summed E-state index contributed by atoms with van der Waals surface area (Å²) >= 11 is 0. The first-order chi connectivity index (χ1) is 16.0. The molecule has 2 aromatic heterocycles. The molecule has 3 aromatic rings. The van der Waals surface area contributed by atoms with Gasteiger partial charge >= 0.3 is 5.97 Å². The van der Waals surface area contributed by atoms with Crippen LogP contribution in [0.5, 0.6) is 11.5 Å². The van der Waals surface area contributed by atoms with Crippen LogP contribution in [0.1, 0.15) is 47.8 Å². The predicted molar refractivity (Wildman–Crippen MR) is 125 cm³/mol. The lowest BCUT2D eigenvalue weighted by atomic mass is 9.89. The van der Waals surface area contributed by atoms with Crippen molar-refractivity contribution in [2.24, 2.45) is 0 Å². The lowest BCUT2D eigenvalue weighted by molar-refractivity contribution is 0.0635. The van der Waals surface area contributed by atoms with Gasteiger partial charge in [0.05, 0.1) is 7.11 Å². The number of fused-ring (bicyclic) bond motifs is 1. The van der Waals surface area contributed by atoms with Crippen LogP contribution < -0.4 is 9.47 Å². The van der Waals surface area contributed by atoms with E-state index in [2.05, 4.69) is 26.7 Å². The van der Waals surface area contributed by atoms with Gasteiger partial charge in [0, 0.05) is 31.4 Å². The first kappa shape index (κ1) is 23.1. The highest BCUT2D eigenvalue weighted by atomic mass is 16.5. The number of hydrogen-bond acceptors (Lipinski definition) is 6. The smallest absolute Gasteiger partial charge is 0.343 e. The zero-order chi connectivity index (χ0) is 23.4. The molecule has 1 fully saturated rings. The number of likely N-dealkylation sites (tertiary alicyclic amines) is 1. The van der Waals surface area contributed by atoms with Crippen LogP contribution in [0.3, 0.4) is 0 Å². The van der Waals surface area contributed by atoms with Crippen LogP contribution in [0, 0.1) is 0 Å². The Bertz CT molecular complexity index is 1100. The minimum Gasteiger partial charge on any atom is -0.496 e. The summed E-state index contributed by atoms with van der Waals surface area (Å²) in [7, 11) is 3.17. The molecule has 0 aliphatic carbocycles. The van der Waals surface area contributed by atoms with Gasteiger partial charge in [-0.3, -0.25) is 4.90 Å². The number of carboxylic acids is 1. The van der Waals surface area contributed by atoms with E-state index in [9.17, 15) is 9.90 Å². The fraction of sp³-hybridized carbons (Fsp3) is 0.440. The number of benzene rings is 1. The summed E-state index contributed by atoms with van der Waals surface area (Å²) in [5, 5.41) is 10.7. The van der Waals surface area contributed by atoms with Crippen LogP contribution in [-0.4, -0.2) is 66.0 Å². The van der Waals surface area contributed by atoms with E-state index in [-0.39, 0.29) is 11.8 Å². The average Bonchev–Trinajstić information content (AvgIpc) is 3.23. The molecule has 33 heavy (non-hydrogen) atoms. The Kier molecular flexibility index (Phi) is 7.15. The zero-order valence-corrected chi connectivity index (χ0v) is 19.4. The molecule has 0 spiro atoms. The Hall–Kier alpha value is -3.10. The number of carbonyl (C=O) groups is 1. The molecular weight excluding hydrogens is 422 g/mol. The van der Waals surface area contributed by atoms with Gasteiger partial charge in [0.2, 0.25) is 0 Å². The third-order valence-electron chi connectivity index (χ3n) is 6.47. The van der Waals surface area contributed by atoms with E-state index in [0.29, 0.717) is 24.0 Å². The van der Waals surface area contributed by atoms with Gasteiger partial charge in [-0.25, -0.2) is 9.78 Å². The Balaban J connectivity index is 1.37. The zero-order valence-electron chi connectivity index (χ0n) is 19.4. The summed E-state index contributed by atoms with van der Waals surface area (Å²) in [5.74, 6) is 0.0532. The highest BCUT2D eigenvalue weighted by Crippen LogP contribution is 2.35. The number of rotatable bonds is 9. The number of methoxy groups -OCH3 is 2. The molecule has 1 aliphatic rings. The second kappa shape index (κ2) is 10.2. The maximum atomic E-state index is 11.6. The van der Waals surface area contributed by atoms with Crippen LogP contribution >= 0.6 is 0 Å². The van der Waals surface area contributed by atoms with Crippen molar-refractivity contribution in [1.82, 2.24) is 14.5 Å². The third kappa shape index (κ3) is 4.82. The van der Waals surface area contributed by atoms with Crippen molar-refractivity contribution in [2.45, 2.75) is 31.9 Å². The topological polar surface area (TPSA) is 86.0 Å². The normalized spacial score (nSPS) is 16.1. The Morgan fingerprint density at radius 2 is 1.94 bits per heavy atom. The average molecular weight is 454 g/mol. The summed E-state index contributed by atoms with van der Waals surface area (Å²) < 4.78 is 18.6. The van der Waals surface area contributed by atoms with E-state index >= 15 is 0 Å². The molecule has 0 bridgehead atoms. The number of pyridine rings is 1. The van der Waals surface area contributed by atoms with E-state index in [0.717, 1.165) is 38.1 Å². The molecule has 0 amide bonds. The number of carboxylic acid groups (broad SMARTS) is 1. The number of nitrogens with zero attached hydrogens (tertiary/aromatic N) is 3. The highest BCUT2D eigenvalue weighted by Gasteiger charge is 2.25. The Morgan fingerprint density at radius 3 is 2.64 bits per heavy atom. The standard InChI is InChI=1S/C25H31N3O5/c1-17(31-2)28-16-20(19-6-5-11-26-24(19)28)18-9-12-27(13-10-18)14-15-33-22-8-4-7-21(32-3)23(22)25(29)30/h4-8,11,16-18H,9-10,12-15H2,1-3H3,(H,29,30). The molecule has 1 N–H and O–H groups in total. The first-order valence-corrected chi connectivity index (χ1v) is 11.3. The van der Waals surface area contributed by atoms with Gasteiger partial charge in [-0.05, 0) is 68.6 Å². The van der Waals surface area contributed by atoms with Gasteiger partial charge in [0.25, 0.3) is 0 Å². The van der Waals surface area contributed by atoms with E-state index in [1.54, 1.807) is 25.3 Å². The maximum absolute atomic E-state index is 11.6. The maximum Gasteiger partial charge on any atom is 0.343 e. The number of ether oxygens (including phenoxy) is 3. The molecular formula is C25H31N3O5. The number of piperidine rings is 1. The van der Waals surface area contributed by atoms with Gasteiger partial charge in [-0.1, -0.05) is 6.07 Å². The quantitative estimate of drug-likeness (QED) is 0.520. The van der Waals surface area contributed by atoms with E-state index in [1.807, 2.05) is 19.2 Å². The van der Waals surface area contributed by atoms with E-state index in [1.165, 1.54) is 18.1 Å². The molecule has 8 heteroatoms. The van der Waals surface area contributed by atoms with Crippen molar-refractivity contribution in [2.75, 3.05) is 40.5 Å². The van der Waals surface area contributed by atoms with E-state index < -0.39 is 5.97 Å². The van der Waals surface area contributed by atoms with Crippen LogP contribution in [0.25, 0.3) is 11.0 Å². The summed E-state index contributed by atoms with van der Waals surface area (Å²) in [6, 6.07) is 9.17. The molecule has 0 radical (unpaired) electrons. The molecule has 1 atom stereocenters. The van der Waals surface area contributed by atoms with Gasteiger partial charge in [-0.15, -0.1) is 0 Å². The summed E-state index contributed by atoms with van der Waals surface area (Å²) in [4.78, 5) is 18.6. The molecule has 4 rings (SSSR count). The lowest BCUT2D eigenvalue weighted by Gasteiger charge is -2.31. The van der Waals surface area contributed by atoms with Gasteiger partial charge in [-0.2, -0.15) is 0 Å². The molecule has 1 aromatic carbocycles. The van der Waals surface area contributed by atoms with Crippen molar-refractivity contribution >= 4 is 17.0 Å². The fourth-order valence-corrected chi connectivity index (χ4v) is 4.59. The van der Waals surface area contributed by atoms with Gasteiger partial charge in [0.1, 0.15) is 35.5 Å². The van der Waals surface area contributed by atoms with Crippen molar-refractivity contribution < 1.29 is 24.1 Å². The molecule has 0 saturated carbocycles. The second-order valence-electron chi connectivity index (χ2n) is 8.30. The minimum atomic E-state index is -1.06. The minimum absolute atomic E-state index is 0.0639. The largest absolute Gasteiger partial charge is 0.496 e. The predicted octanol–water partition coefficient (Wildman–Crippen LogP) is 4.17. The van der Waals surface area contributed by atoms with Crippen molar-refractivity contribution in [1.29, 1.82) is 0 Å². The highest BCUT2D eigenvalue weighted by molar-refractivity contribution is 5.94. The van der Waals surface area contributed by atoms with Crippen LogP contribution in [-0.2, 0) is 4.74 Å². The summed E-state index contributed by atoms with van der Waals surface area (Å²) in [6.07, 6.45) is 6.06. The molecule has 176 valence electrons. The number of aromatic nitrogens is 2. The van der Waals surface area contributed by atoms with Gasteiger partial charge in [0.15, 0.2) is 0 Å². The Labute approximate surface area is 193 Å². The van der Waals surface area contributed by atoms with Crippen molar-refractivity contribution in [3.8, 4) is 11.5 Å². The van der Waals surface area contributed by atoms with Crippen LogP contribution in [0.4, 0.5) is 0 Å².